The van der Waals surface area contributed by atoms with E-state index < -0.39 is 0 Å². The molecule has 0 bridgehead atoms. The fourth-order valence-corrected chi connectivity index (χ4v) is 3.58. The number of amides is 1. The highest BCUT2D eigenvalue weighted by Crippen LogP contribution is 2.31. The number of para-hydroxylation sites is 1. The molecule has 4 rings (SSSR count). The summed E-state index contributed by atoms with van der Waals surface area (Å²) in [6.07, 6.45) is 0. The summed E-state index contributed by atoms with van der Waals surface area (Å²) in [7, 11) is 0. The third-order valence-electron chi connectivity index (χ3n) is 4.35. The first kappa shape index (κ1) is 20.0. The van der Waals surface area contributed by atoms with Gasteiger partial charge in [0.05, 0.1) is 37.5 Å². The van der Waals surface area contributed by atoms with Gasteiger partial charge in [-0.1, -0.05) is 70.7 Å². The SMILES string of the molecule is O=C(Nc1cc(Cl)ccc1Cl)c1cc(-c2ccc(Cl)c(Cl)c2)nc2ccccc12. The van der Waals surface area contributed by atoms with E-state index in [4.69, 9.17) is 46.4 Å². The lowest BCUT2D eigenvalue weighted by atomic mass is 10.0. The molecule has 29 heavy (non-hydrogen) atoms. The van der Waals surface area contributed by atoms with Crippen molar-refractivity contribution < 1.29 is 4.79 Å². The van der Waals surface area contributed by atoms with Gasteiger partial charge in [-0.05, 0) is 42.5 Å². The van der Waals surface area contributed by atoms with Crippen molar-refractivity contribution >= 4 is 68.9 Å². The molecule has 4 aromatic rings. The summed E-state index contributed by atoms with van der Waals surface area (Å²) in [5, 5.41) is 5.27. The van der Waals surface area contributed by atoms with Crippen molar-refractivity contribution in [3.05, 3.63) is 92.4 Å². The lowest BCUT2D eigenvalue weighted by molar-refractivity contribution is 0.102. The molecule has 0 unspecified atom stereocenters. The summed E-state index contributed by atoms with van der Waals surface area (Å²) in [6, 6.07) is 19.2. The maximum Gasteiger partial charge on any atom is 0.256 e. The van der Waals surface area contributed by atoms with Crippen molar-refractivity contribution in [3.63, 3.8) is 0 Å². The normalized spacial score (nSPS) is 10.9. The van der Waals surface area contributed by atoms with E-state index >= 15 is 0 Å². The predicted octanol–water partition coefficient (Wildman–Crippen LogP) is 7.77. The van der Waals surface area contributed by atoms with Gasteiger partial charge in [0.1, 0.15) is 0 Å². The number of pyridine rings is 1. The van der Waals surface area contributed by atoms with E-state index in [9.17, 15) is 4.79 Å². The number of aromatic nitrogens is 1. The Bertz CT molecular complexity index is 1260. The number of hydrogen-bond acceptors (Lipinski definition) is 2. The molecule has 0 aliphatic carbocycles. The van der Waals surface area contributed by atoms with Crippen molar-refractivity contribution in [1.82, 2.24) is 4.98 Å². The Hall–Kier alpha value is -2.30. The maximum atomic E-state index is 13.1. The van der Waals surface area contributed by atoms with Gasteiger partial charge in [0, 0.05) is 16.0 Å². The number of halogens is 4. The summed E-state index contributed by atoms with van der Waals surface area (Å²) in [5.74, 6) is -0.325. The van der Waals surface area contributed by atoms with Crippen LogP contribution >= 0.6 is 46.4 Å². The average Bonchev–Trinajstić information content (AvgIpc) is 2.72. The van der Waals surface area contributed by atoms with E-state index in [-0.39, 0.29) is 5.91 Å². The summed E-state index contributed by atoms with van der Waals surface area (Å²) in [6.45, 7) is 0. The Morgan fingerprint density at radius 1 is 0.793 bits per heavy atom. The molecular formula is C22H12Cl4N2O. The highest BCUT2D eigenvalue weighted by Gasteiger charge is 2.16. The second kappa shape index (κ2) is 8.21. The number of carbonyl (C=O) groups excluding carboxylic acids is 1. The minimum absolute atomic E-state index is 0.325. The standard InChI is InChI=1S/C22H12Cl4N2O/c23-13-6-8-17(25)21(10-13)28-22(29)15-11-20(12-5-7-16(24)18(26)9-12)27-19-4-2-1-3-14(15)19/h1-11H,(H,28,29). The number of fused-ring (bicyclic) bond motifs is 1. The van der Waals surface area contributed by atoms with Crippen LogP contribution in [0, 0.1) is 0 Å². The lowest BCUT2D eigenvalue weighted by Gasteiger charge is -2.12. The van der Waals surface area contributed by atoms with Crippen LogP contribution < -0.4 is 5.32 Å². The number of rotatable bonds is 3. The molecule has 0 saturated carbocycles. The van der Waals surface area contributed by atoms with E-state index in [0.29, 0.717) is 47.9 Å². The maximum absolute atomic E-state index is 13.1. The Kier molecular flexibility index (Phi) is 5.66. The molecular weight excluding hydrogens is 450 g/mol. The van der Waals surface area contributed by atoms with Gasteiger partial charge in [-0.2, -0.15) is 0 Å². The zero-order valence-electron chi connectivity index (χ0n) is 14.7. The molecule has 7 heteroatoms. The first-order valence-electron chi connectivity index (χ1n) is 8.54. The van der Waals surface area contributed by atoms with Crippen LogP contribution in [0.15, 0.2) is 66.7 Å². The average molecular weight is 462 g/mol. The Balaban J connectivity index is 1.83. The number of nitrogens with zero attached hydrogens (tertiary/aromatic N) is 1. The number of nitrogens with one attached hydrogen (secondary N) is 1. The quantitative estimate of drug-likeness (QED) is 0.338. The van der Waals surface area contributed by atoms with Crippen LogP contribution in [0.2, 0.25) is 20.1 Å². The van der Waals surface area contributed by atoms with Crippen LogP contribution in [0.1, 0.15) is 10.4 Å². The van der Waals surface area contributed by atoms with Gasteiger partial charge in [0.2, 0.25) is 0 Å². The van der Waals surface area contributed by atoms with Crippen LogP contribution in [-0.2, 0) is 0 Å². The van der Waals surface area contributed by atoms with E-state index in [0.717, 1.165) is 5.56 Å². The molecule has 1 N–H and O–H groups in total. The Morgan fingerprint density at radius 3 is 2.34 bits per heavy atom. The molecule has 1 heterocycles. The Labute approximate surface area is 187 Å². The zero-order valence-corrected chi connectivity index (χ0v) is 17.7. The number of hydrogen-bond donors (Lipinski definition) is 1. The van der Waals surface area contributed by atoms with Crippen LogP contribution in [0.4, 0.5) is 5.69 Å². The Morgan fingerprint density at radius 2 is 1.55 bits per heavy atom. The summed E-state index contributed by atoms with van der Waals surface area (Å²) < 4.78 is 0. The smallest absolute Gasteiger partial charge is 0.256 e. The fourth-order valence-electron chi connectivity index (χ4n) is 2.95. The van der Waals surface area contributed by atoms with Crippen molar-refractivity contribution in [2.24, 2.45) is 0 Å². The monoisotopic (exact) mass is 460 g/mol. The fraction of sp³-hybridized carbons (Fsp3) is 0. The molecule has 0 aliphatic rings. The largest absolute Gasteiger partial charge is 0.321 e. The van der Waals surface area contributed by atoms with E-state index in [1.807, 2.05) is 24.3 Å². The van der Waals surface area contributed by atoms with E-state index in [2.05, 4.69) is 10.3 Å². The third kappa shape index (κ3) is 4.19. The van der Waals surface area contributed by atoms with Gasteiger partial charge in [-0.3, -0.25) is 4.79 Å². The molecule has 0 radical (unpaired) electrons. The zero-order chi connectivity index (χ0) is 20.5. The van der Waals surface area contributed by atoms with Gasteiger partial charge in [-0.25, -0.2) is 4.98 Å². The van der Waals surface area contributed by atoms with Crippen molar-refractivity contribution in [1.29, 1.82) is 0 Å². The van der Waals surface area contributed by atoms with Gasteiger partial charge in [0.25, 0.3) is 5.91 Å². The van der Waals surface area contributed by atoms with Crippen LogP contribution in [-0.4, -0.2) is 10.9 Å². The molecule has 0 fully saturated rings. The molecule has 3 aromatic carbocycles. The van der Waals surface area contributed by atoms with Gasteiger partial charge < -0.3 is 5.32 Å². The molecule has 0 aliphatic heterocycles. The summed E-state index contributed by atoms with van der Waals surface area (Å²) in [4.78, 5) is 17.8. The van der Waals surface area contributed by atoms with Gasteiger partial charge in [-0.15, -0.1) is 0 Å². The molecule has 144 valence electrons. The second-order valence-electron chi connectivity index (χ2n) is 6.28. The number of anilines is 1. The topological polar surface area (TPSA) is 42.0 Å². The summed E-state index contributed by atoms with van der Waals surface area (Å²) in [5.41, 5.74) is 2.91. The highest BCUT2D eigenvalue weighted by atomic mass is 35.5. The molecule has 0 saturated heterocycles. The first-order valence-corrected chi connectivity index (χ1v) is 10.0. The highest BCUT2D eigenvalue weighted by molar-refractivity contribution is 6.42. The van der Waals surface area contributed by atoms with E-state index in [1.54, 1.807) is 42.5 Å². The van der Waals surface area contributed by atoms with Crippen molar-refractivity contribution in [2.75, 3.05) is 5.32 Å². The second-order valence-corrected chi connectivity index (χ2v) is 7.94. The van der Waals surface area contributed by atoms with Crippen LogP contribution in [0.25, 0.3) is 22.2 Å². The molecule has 0 spiro atoms. The van der Waals surface area contributed by atoms with Crippen LogP contribution in [0.3, 0.4) is 0 Å². The van der Waals surface area contributed by atoms with Crippen LogP contribution in [0.5, 0.6) is 0 Å². The van der Waals surface area contributed by atoms with Gasteiger partial charge >= 0.3 is 0 Å². The number of benzene rings is 3. The van der Waals surface area contributed by atoms with E-state index in [1.165, 1.54) is 0 Å². The molecule has 0 atom stereocenters. The number of carbonyl (C=O) groups is 1. The third-order valence-corrected chi connectivity index (χ3v) is 5.66. The molecule has 1 amide bonds. The minimum atomic E-state index is -0.325. The lowest BCUT2D eigenvalue weighted by Crippen LogP contribution is -2.13. The van der Waals surface area contributed by atoms with Crippen molar-refractivity contribution in [2.45, 2.75) is 0 Å². The van der Waals surface area contributed by atoms with Crippen molar-refractivity contribution in [3.8, 4) is 11.3 Å². The first-order chi connectivity index (χ1) is 13.9. The minimum Gasteiger partial charge on any atom is -0.321 e. The molecule has 3 nitrogen and oxygen atoms in total. The van der Waals surface area contributed by atoms with Gasteiger partial charge in [0.15, 0.2) is 0 Å². The summed E-state index contributed by atoms with van der Waals surface area (Å²) >= 11 is 24.4. The predicted molar refractivity (Wildman–Crippen MR) is 122 cm³/mol. The molecule has 1 aromatic heterocycles.